The lowest BCUT2D eigenvalue weighted by Crippen LogP contribution is -2.47. The van der Waals surface area contributed by atoms with Crippen LogP contribution in [0.4, 0.5) is 10.2 Å². The highest BCUT2D eigenvalue weighted by Crippen LogP contribution is 2.19. The van der Waals surface area contributed by atoms with Gasteiger partial charge in [0.05, 0.1) is 24.2 Å². The van der Waals surface area contributed by atoms with Gasteiger partial charge in [-0.25, -0.2) is 21.8 Å². The largest absolute Gasteiger partial charge is 0.309 e. The summed E-state index contributed by atoms with van der Waals surface area (Å²) >= 11 is 0. The maximum Gasteiger partial charge on any atom is 0.239 e. The van der Waals surface area contributed by atoms with E-state index in [2.05, 4.69) is 10.4 Å². The number of rotatable bonds is 6. The zero-order chi connectivity index (χ0) is 21.2. The molecule has 0 unspecified atom stereocenters. The lowest BCUT2D eigenvalue weighted by atomic mass is 10.1. The second-order valence-corrected chi connectivity index (χ2v) is 9.44. The Morgan fingerprint density at radius 2 is 1.90 bits per heavy atom. The minimum atomic E-state index is -3.21. The fourth-order valence-electron chi connectivity index (χ4n) is 3.46. The van der Waals surface area contributed by atoms with Gasteiger partial charge in [0.2, 0.25) is 15.9 Å². The maximum atomic E-state index is 13.2. The summed E-state index contributed by atoms with van der Waals surface area (Å²) in [6, 6.07) is 7.60. The number of piperidine rings is 1. The van der Waals surface area contributed by atoms with Crippen molar-refractivity contribution in [1.29, 1.82) is 0 Å². The third kappa shape index (κ3) is 5.40. The number of likely N-dealkylation sites (tertiary alicyclic amines) is 1. The molecule has 2 heterocycles. The Balaban J connectivity index is 1.59. The third-order valence-corrected chi connectivity index (χ3v) is 6.48. The molecule has 1 fully saturated rings. The molecule has 1 aromatic carbocycles. The molecule has 10 heteroatoms. The highest BCUT2D eigenvalue weighted by molar-refractivity contribution is 7.88. The van der Waals surface area contributed by atoms with Gasteiger partial charge in [-0.2, -0.15) is 5.10 Å². The van der Waals surface area contributed by atoms with Crippen LogP contribution in [0.2, 0.25) is 0 Å². The molecular weight excluding hydrogens is 397 g/mol. The Bertz CT molecular complexity index is 966. The number of nitrogens with one attached hydrogen (secondary N) is 1. The fraction of sp³-hybridized carbons (Fsp3) is 0.474. The normalized spacial score (nSPS) is 16.3. The van der Waals surface area contributed by atoms with Crippen LogP contribution in [-0.4, -0.2) is 72.3 Å². The molecule has 0 bridgehead atoms. The number of halogens is 1. The molecule has 1 aliphatic heterocycles. The molecule has 0 saturated carbocycles. The van der Waals surface area contributed by atoms with Gasteiger partial charge in [-0.05, 0) is 44.0 Å². The van der Waals surface area contributed by atoms with E-state index in [4.69, 9.17) is 0 Å². The Kier molecular flexibility index (Phi) is 6.35. The molecule has 0 aliphatic carbocycles. The topological polar surface area (TPSA) is 87.5 Å². The van der Waals surface area contributed by atoms with Gasteiger partial charge >= 0.3 is 0 Å². The molecule has 1 amide bonds. The molecule has 1 aromatic heterocycles. The minimum Gasteiger partial charge on any atom is -0.309 e. The molecule has 158 valence electrons. The minimum absolute atomic E-state index is 0.0353. The first kappa shape index (κ1) is 21.4. The SMILES string of the molecule is Cc1cc(NC(=O)CN2CCC(N(C)S(C)(=O)=O)CC2)n(-c2ccc(F)cc2)n1. The standard InChI is InChI=1S/C19H26FN5O3S/c1-14-12-18(25(22-14)17-6-4-15(20)5-7-17)21-19(26)13-24-10-8-16(9-11-24)23(2)29(3,27)28/h4-7,12,16H,8-11,13H2,1-3H3,(H,21,26). The number of hydrogen-bond donors (Lipinski definition) is 1. The quantitative estimate of drug-likeness (QED) is 0.763. The lowest BCUT2D eigenvalue weighted by Gasteiger charge is -2.35. The van der Waals surface area contributed by atoms with Crippen LogP contribution >= 0.6 is 0 Å². The van der Waals surface area contributed by atoms with E-state index in [1.54, 1.807) is 29.9 Å². The van der Waals surface area contributed by atoms with Gasteiger partial charge in [0, 0.05) is 32.2 Å². The van der Waals surface area contributed by atoms with Crippen LogP contribution < -0.4 is 5.32 Å². The van der Waals surface area contributed by atoms with Gasteiger partial charge in [-0.1, -0.05) is 0 Å². The van der Waals surface area contributed by atoms with Gasteiger partial charge in [-0.3, -0.25) is 9.69 Å². The monoisotopic (exact) mass is 423 g/mol. The van der Waals surface area contributed by atoms with Crippen LogP contribution in [-0.2, 0) is 14.8 Å². The first-order valence-corrected chi connectivity index (χ1v) is 11.3. The van der Waals surface area contributed by atoms with Crippen LogP contribution in [0.5, 0.6) is 0 Å². The molecule has 1 saturated heterocycles. The number of aryl methyl sites for hydroxylation is 1. The highest BCUT2D eigenvalue weighted by Gasteiger charge is 2.28. The Hall–Kier alpha value is -2.30. The zero-order valence-electron chi connectivity index (χ0n) is 16.8. The average molecular weight is 424 g/mol. The number of aromatic nitrogens is 2. The summed E-state index contributed by atoms with van der Waals surface area (Å²) in [5.74, 6) is 0.00196. The second kappa shape index (κ2) is 8.60. The molecule has 2 aromatic rings. The first-order valence-electron chi connectivity index (χ1n) is 9.41. The summed E-state index contributed by atoms with van der Waals surface area (Å²) in [4.78, 5) is 14.5. The lowest BCUT2D eigenvalue weighted by molar-refractivity contribution is -0.117. The number of amides is 1. The number of anilines is 1. The highest BCUT2D eigenvalue weighted by atomic mass is 32.2. The molecule has 1 aliphatic rings. The van der Waals surface area contributed by atoms with E-state index in [1.165, 1.54) is 22.7 Å². The van der Waals surface area contributed by atoms with E-state index >= 15 is 0 Å². The number of carbonyl (C=O) groups is 1. The van der Waals surface area contributed by atoms with Crippen molar-refractivity contribution in [2.45, 2.75) is 25.8 Å². The van der Waals surface area contributed by atoms with Crippen LogP contribution in [0.25, 0.3) is 5.69 Å². The zero-order valence-corrected chi connectivity index (χ0v) is 17.6. The van der Waals surface area contributed by atoms with Gasteiger partial charge in [0.15, 0.2) is 0 Å². The number of sulfonamides is 1. The van der Waals surface area contributed by atoms with Crippen LogP contribution in [0, 0.1) is 12.7 Å². The summed E-state index contributed by atoms with van der Waals surface area (Å²) in [6.45, 7) is 3.32. The molecule has 0 spiro atoms. The van der Waals surface area contributed by atoms with Gasteiger partial charge in [-0.15, -0.1) is 0 Å². The Morgan fingerprint density at radius 3 is 2.48 bits per heavy atom. The van der Waals surface area contributed by atoms with Crippen molar-refractivity contribution in [3.8, 4) is 5.69 Å². The Morgan fingerprint density at radius 1 is 1.28 bits per heavy atom. The number of benzene rings is 1. The summed E-state index contributed by atoms with van der Waals surface area (Å²) in [6.07, 6.45) is 2.58. The third-order valence-electron chi connectivity index (χ3n) is 5.13. The van der Waals surface area contributed by atoms with E-state index in [-0.39, 0.29) is 24.3 Å². The van der Waals surface area contributed by atoms with Gasteiger partial charge in [0.1, 0.15) is 11.6 Å². The molecule has 29 heavy (non-hydrogen) atoms. The molecule has 0 radical (unpaired) electrons. The molecule has 0 atom stereocenters. The number of nitrogens with zero attached hydrogens (tertiary/aromatic N) is 4. The van der Waals surface area contributed by atoms with E-state index in [0.29, 0.717) is 37.4 Å². The van der Waals surface area contributed by atoms with Crippen molar-refractivity contribution in [3.05, 3.63) is 41.8 Å². The van der Waals surface area contributed by atoms with Crippen molar-refractivity contribution < 1.29 is 17.6 Å². The number of carbonyl (C=O) groups excluding carboxylic acids is 1. The van der Waals surface area contributed by atoms with Crippen molar-refractivity contribution in [2.24, 2.45) is 0 Å². The molecular formula is C19H26FN5O3S. The van der Waals surface area contributed by atoms with Gasteiger partial charge < -0.3 is 5.32 Å². The van der Waals surface area contributed by atoms with E-state index in [9.17, 15) is 17.6 Å². The van der Waals surface area contributed by atoms with Crippen molar-refractivity contribution in [3.63, 3.8) is 0 Å². The Labute approximate surface area is 170 Å². The van der Waals surface area contributed by atoms with E-state index in [0.717, 1.165) is 5.69 Å². The summed E-state index contributed by atoms with van der Waals surface area (Å²) < 4.78 is 39.5. The summed E-state index contributed by atoms with van der Waals surface area (Å²) in [5, 5.41) is 7.24. The average Bonchev–Trinajstić information content (AvgIpc) is 3.01. The van der Waals surface area contributed by atoms with Crippen molar-refractivity contribution >= 4 is 21.7 Å². The summed E-state index contributed by atoms with van der Waals surface area (Å²) in [7, 11) is -1.61. The molecule has 8 nitrogen and oxygen atoms in total. The smallest absolute Gasteiger partial charge is 0.239 e. The molecule has 1 N–H and O–H groups in total. The van der Waals surface area contributed by atoms with E-state index < -0.39 is 10.0 Å². The fourth-order valence-corrected chi connectivity index (χ4v) is 4.22. The van der Waals surface area contributed by atoms with E-state index in [1.807, 2.05) is 11.8 Å². The van der Waals surface area contributed by atoms with Crippen molar-refractivity contribution in [2.75, 3.05) is 38.3 Å². The summed E-state index contributed by atoms with van der Waals surface area (Å²) in [5.41, 5.74) is 1.38. The maximum absolute atomic E-state index is 13.2. The van der Waals surface area contributed by atoms with Crippen LogP contribution in [0.15, 0.2) is 30.3 Å². The van der Waals surface area contributed by atoms with Gasteiger partial charge in [0.25, 0.3) is 0 Å². The van der Waals surface area contributed by atoms with Crippen LogP contribution in [0.3, 0.4) is 0 Å². The molecule has 3 rings (SSSR count). The second-order valence-electron chi connectivity index (χ2n) is 7.39. The first-order chi connectivity index (χ1) is 13.6. The predicted octanol–water partition coefficient (Wildman–Crippen LogP) is 1.61. The van der Waals surface area contributed by atoms with Crippen molar-refractivity contribution in [1.82, 2.24) is 19.0 Å². The number of hydrogen-bond acceptors (Lipinski definition) is 5. The van der Waals surface area contributed by atoms with Crippen LogP contribution in [0.1, 0.15) is 18.5 Å². The predicted molar refractivity (Wildman–Crippen MR) is 109 cm³/mol.